The second-order valence-corrected chi connectivity index (χ2v) is 6.26. The molecule has 0 fully saturated rings. The molecule has 1 heterocycles. The molecule has 2 aromatic carbocycles. The summed E-state index contributed by atoms with van der Waals surface area (Å²) < 4.78 is 6.78. The minimum Gasteiger partial charge on any atom is -0.462 e. The van der Waals surface area contributed by atoms with E-state index in [-0.39, 0.29) is 24.4 Å². The molecule has 3 aromatic rings. The fourth-order valence-electron chi connectivity index (χ4n) is 3.05. The standard InChI is InChI=1S/C22H22N2O3/c1-3-27-22(26)20-16(2)23-24(15-18-12-8-5-9-13-18)21(20)19(25)14-17-10-6-4-7-11-17/h4-13H,3,14-15H2,1-2H3. The third-order valence-electron chi connectivity index (χ3n) is 4.25. The summed E-state index contributed by atoms with van der Waals surface area (Å²) in [5.74, 6) is -0.661. The zero-order valence-electron chi connectivity index (χ0n) is 15.5. The van der Waals surface area contributed by atoms with Gasteiger partial charge in [-0.15, -0.1) is 0 Å². The summed E-state index contributed by atoms with van der Waals surface area (Å²) in [6.07, 6.45) is 0.202. The van der Waals surface area contributed by atoms with Crippen molar-refractivity contribution in [2.45, 2.75) is 26.8 Å². The molecule has 0 aliphatic heterocycles. The molecule has 0 unspecified atom stereocenters. The first-order valence-electron chi connectivity index (χ1n) is 8.95. The highest BCUT2D eigenvalue weighted by molar-refractivity contribution is 6.06. The largest absolute Gasteiger partial charge is 0.462 e. The zero-order valence-corrected chi connectivity index (χ0v) is 15.5. The van der Waals surface area contributed by atoms with E-state index < -0.39 is 5.97 Å². The lowest BCUT2D eigenvalue weighted by molar-refractivity contribution is 0.0522. The Morgan fingerprint density at radius 2 is 1.56 bits per heavy atom. The van der Waals surface area contributed by atoms with Crippen LogP contribution in [0.1, 0.15) is 44.6 Å². The van der Waals surface area contributed by atoms with Gasteiger partial charge >= 0.3 is 5.97 Å². The van der Waals surface area contributed by atoms with Crippen LogP contribution in [0, 0.1) is 6.92 Å². The van der Waals surface area contributed by atoms with E-state index in [0.717, 1.165) is 11.1 Å². The number of esters is 1. The lowest BCUT2D eigenvalue weighted by atomic mass is 10.0. The highest BCUT2D eigenvalue weighted by Crippen LogP contribution is 2.20. The third-order valence-corrected chi connectivity index (χ3v) is 4.25. The molecule has 1 aromatic heterocycles. The molecular weight excluding hydrogens is 340 g/mol. The van der Waals surface area contributed by atoms with Crippen LogP contribution in [0.3, 0.4) is 0 Å². The topological polar surface area (TPSA) is 61.2 Å². The quantitative estimate of drug-likeness (QED) is 0.473. The first kappa shape index (κ1) is 18.6. The molecule has 0 saturated carbocycles. The predicted octanol–water partition coefficient (Wildman–Crippen LogP) is 3.84. The summed E-state index contributed by atoms with van der Waals surface area (Å²) >= 11 is 0. The Morgan fingerprint density at radius 1 is 0.963 bits per heavy atom. The second-order valence-electron chi connectivity index (χ2n) is 6.26. The molecule has 0 aliphatic carbocycles. The maximum absolute atomic E-state index is 13.1. The monoisotopic (exact) mass is 362 g/mol. The lowest BCUT2D eigenvalue weighted by Crippen LogP contribution is -2.18. The maximum Gasteiger partial charge on any atom is 0.342 e. The van der Waals surface area contributed by atoms with E-state index in [4.69, 9.17) is 4.74 Å². The molecule has 5 nitrogen and oxygen atoms in total. The van der Waals surface area contributed by atoms with Gasteiger partial charge in [-0.25, -0.2) is 4.79 Å². The molecule has 0 radical (unpaired) electrons. The van der Waals surface area contributed by atoms with Gasteiger partial charge < -0.3 is 4.74 Å². The SMILES string of the molecule is CCOC(=O)c1c(C)nn(Cc2ccccc2)c1C(=O)Cc1ccccc1. The predicted molar refractivity (Wildman–Crippen MR) is 103 cm³/mol. The number of aryl methyl sites for hydroxylation is 1. The summed E-state index contributed by atoms with van der Waals surface area (Å²) in [5.41, 5.74) is 2.96. The molecule has 0 spiro atoms. The molecule has 0 bridgehead atoms. The summed E-state index contributed by atoms with van der Waals surface area (Å²) in [7, 11) is 0. The fourth-order valence-corrected chi connectivity index (χ4v) is 3.05. The van der Waals surface area contributed by atoms with Crippen LogP contribution in [0.25, 0.3) is 0 Å². The third kappa shape index (κ3) is 4.31. The molecule has 0 atom stereocenters. The highest BCUT2D eigenvalue weighted by Gasteiger charge is 2.27. The molecular formula is C22H22N2O3. The first-order valence-corrected chi connectivity index (χ1v) is 8.95. The lowest BCUT2D eigenvalue weighted by Gasteiger charge is -2.09. The average Bonchev–Trinajstić information content (AvgIpc) is 2.99. The summed E-state index contributed by atoms with van der Waals surface area (Å²) in [5, 5.41) is 4.47. The van der Waals surface area contributed by atoms with Crippen molar-refractivity contribution in [3.63, 3.8) is 0 Å². The Labute approximate surface area is 158 Å². The summed E-state index contributed by atoms with van der Waals surface area (Å²) in [4.78, 5) is 25.6. The smallest absolute Gasteiger partial charge is 0.342 e. The van der Waals surface area contributed by atoms with Gasteiger partial charge in [0.2, 0.25) is 0 Å². The Morgan fingerprint density at radius 3 is 2.15 bits per heavy atom. The van der Waals surface area contributed by atoms with Gasteiger partial charge in [0.1, 0.15) is 11.3 Å². The van der Waals surface area contributed by atoms with Gasteiger partial charge in [-0.05, 0) is 25.0 Å². The molecule has 0 aliphatic rings. The van der Waals surface area contributed by atoms with Crippen LogP contribution in [0.4, 0.5) is 0 Å². The number of aromatic nitrogens is 2. The van der Waals surface area contributed by atoms with Crippen molar-refractivity contribution in [2.24, 2.45) is 0 Å². The first-order chi connectivity index (χ1) is 13.1. The number of rotatable bonds is 7. The number of ketones is 1. The summed E-state index contributed by atoms with van der Waals surface area (Å²) in [6.45, 7) is 4.13. The van der Waals surface area contributed by atoms with Crippen LogP contribution < -0.4 is 0 Å². The van der Waals surface area contributed by atoms with E-state index >= 15 is 0 Å². The van der Waals surface area contributed by atoms with Crippen molar-refractivity contribution in [3.05, 3.63) is 88.7 Å². The Balaban J connectivity index is 2.01. The Bertz CT molecular complexity index is 931. The van der Waals surface area contributed by atoms with Crippen molar-refractivity contribution in [1.82, 2.24) is 9.78 Å². The van der Waals surface area contributed by atoms with E-state index in [1.807, 2.05) is 60.7 Å². The molecule has 27 heavy (non-hydrogen) atoms. The molecule has 0 saturated heterocycles. The Hall–Kier alpha value is -3.21. The molecule has 3 rings (SSSR count). The molecule has 138 valence electrons. The van der Waals surface area contributed by atoms with Gasteiger partial charge in [0.25, 0.3) is 0 Å². The van der Waals surface area contributed by atoms with Gasteiger partial charge in [-0.1, -0.05) is 60.7 Å². The van der Waals surface area contributed by atoms with E-state index in [1.165, 1.54) is 0 Å². The fraction of sp³-hybridized carbons (Fsp3) is 0.227. The van der Waals surface area contributed by atoms with E-state index in [2.05, 4.69) is 5.10 Å². The van der Waals surface area contributed by atoms with Crippen LogP contribution in [0.2, 0.25) is 0 Å². The number of ether oxygens (including phenoxy) is 1. The van der Waals surface area contributed by atoms with Gasteiger partial charge in [-0.3, -0.25) is 9.48 Å². The van der Waals surface area contributed by atoms with Crippen LogP contribution in [0.15, 0.2) is 60.7 Å². The molecule has 0 N–H and O–H groups in total. The van der Waals surface area contributed by atoms with Crippen LogP contribution in [-0.4, -0.2) is 28.1 Å². The summed E-state index contributed by atoms with van der Waals surface area (Å²) in [6, 6.07) is 19.2. The zero-order chi connectivity index (χ0) is 19.2. The van der Waals surface area contributed by atoms with Crippen molar-refractivity contribution < 1.29 is 14.3 Å². The second kappa shape index (κ2) is 8.45. The Kier molecular flexibility index (Phi) is 5.81. The van der Waals surface area contributed by atoms with Crippen LogP contribution in [-0.2, 0) is 17.7 Å². The number of carbonyl (C=O) groups excluding carboxylic acids is 2. The van der Waals surface area contributed by atoms with Gasteiger partial charge in [0, 0.05) is 6.42 Å². The van der Waals surface area contributed by atoms with Crippen molar-refractivity contribution in [2.75, 3.05) is 6.61 Å². The van der Waals surface area contributed by atoms with Crippen molar-refractivity contribution in [3.8, 4) is 0 Å². The molecule has 5 heteroatoms. The van der Waals surface area contributed by atoms with Crippen LogP contribution >= 0.6 is 0 Å². The van der Waals surface area contributed by atoms with E-state index in [0.29, 0.717) is 17.9 Å². The number of Topliss-reactive ketones (excluding diaryl/α,β-unsaturated/α-hetero) is 1. The average molecular weight is 362 g/mol. The molecule has 0 amide bonds. The number of benzene rings is 2. The van der Waals surface area contributed by atoms with Gasteiger partial charge in [-0.2, -0.15) is 5.10 Å². The normalized spacial score (nSPS) is 10.6. The van der Waals surface area contributed by atoms with Gasteiger partial charge in [0.05, 0.1) is 18.8 Å². The van der Waals surface area contributed by atoms with E-state index in [9.17, 15) is 9.59 Å². The number of hydrogen-bond donors (Lipinski definition) is 0. The van der Waals surface area contributed by atoms with E-state index in [1.54, 1.807) is 18.5 Å². The van der Waals surface area contributed by atoms with Crippen molar-refractivity contribution >= 4 is 11.8 Å². The van der Waals surface area contributed by atoms with Crippen LogP contribution in [0.5, 0.6) is 0 Å². The number of nitrogens with zero attached hydrogens (tertiary/aromatic N) is 2. The van der Waals surface area contributed by atoms with Gasteiger partial charge in [0.15, 0.2) is 5.78 Å². The highest BCUT2D eigenvalue weighted by atomic mass is 16.5. The minimum absolute atomic E-state index is 0.152. The number of carbonyl (C=O) groups is 2. The minimum atomic E-state index is -0.509. The maximum atomic E-state index is 13.1. The number of hydrogen-bond acceptors (Lipinski definition) is 4. The van der Waals surface area contributed by atoms with Crippen molar-refractivity contribution in [1.29, 1.82) is 0 Å².